The molecular weight excluding hydrogens is 264 g/mol. The average Bonchev–Trinajstić information content (AvgIpc) is 2.46. The van der Waals surface area contributed by atoms with Crippen LogP contribution in [0.2, 0.25) is 5.02 Å². The van der Waals surface area contributed by atoms with E-state index in [0.29, 0.717) is 16.1 Å². The van der Waals surface area contributed by atoms with Gasteiger partial charge in [0.15, 0.2) is 0 Å². The molecule has 4 heteroatoms. The molecule has 0 aliphatic heterocycles. The van der Waals surface area contributed by atoms with Crippen LogP contribution < -0.4 is 0 Å². The van der Waals surface area contributed by atoms with Crippen LogP contribution in [0, 0.1) is 0 Å². The number of hydrogen-bond acceptors (Lipinski definition) is 3. The number of ether oxygens (including phenoxy) is 1. The second kappa shape index (κ2) is 6.16. The van der Waals surface area contributed by atoms with E-state index >= 15 is 0 Å². The Kier molecular flexibility index (Phi) is 4.31. The molecule has 2 rings (SSSR count). The molecule has 0 saturated carbocycles. The Morgan fingerprint density at radius 1 is 1.11 bits per heavy atom. The van der Waals surface area contributed by atoms with Crippen LogP contribution in [0.4, 0.5) is 0 Å². The van der Waals surface area contributed by atoms with E-state index in [1.54, 1.807) is 36.4 Å². The van der Waals surface area contributed by atoms with Gasteiger partial charge in [0.05, 0.1) is 5.56 Å². The van der Waals surface area contributed by atoms with E-state index in [1.807, 2.05) is 12.1 Å². The van der Waals surface area contributed by atoms with Gasteiger partial charge < -0.3 is 4.74 Å². The standard InChI is InChI=1S/C15H11ClO3/c16-14-4-2-1-3-13(14)10-19-15(18)12-7-5-11(9-17)6-8-12/h1-9H,10H2. The second-order valence-electron chi connectivity index (χ2n) is 3.91. The van der Waals surface area contributed by atoms with Gasteiger partial charge in [-0.25, -0.2) is 4.79 Å². The Bertz CT molecular complexity index is 591. The fraction of sp³-hybridized carbons (Fsp3) is 0.0667. The molecule has 0 bridgehead atoms. The van der Waals surface area contributed by atoms with Crippen molar-refractivity contribution >= 4 is 23.9 Å². The van der Waals surface area contributed by atoms with Gasteiger partial charge in [0.2, 0.25) is 0 Å². The molecule has 0 saturated heterocycles. The number of rotatable bonds is 4. The van der Waals surface area contributed by atoms with E-state index in [4.69, 9.17) is 16.3 Å². The molecule has 96 valence electrons. The Morgan fingerprint density at radius 3 is 2.42 bits per heavy atom. The summed E-state index contributed by atoms with van der Waals surface area (Å²) in [4.78, 5) is 22.3. The zero-order valence-corrected chi connectivity index (χ0v) is 10.8. The van der Waals surface area contributed by atoms with Crippen molar-refractivity contribution in [3.63, 3.8) is 0 Å². The average molecular weight is 275 g/mol. The molecule has 2 aromatic carbocycles. The van der Waals surface area contributed by atoms with Crippen molar-refractivity contribution in [2.24, 2.45) is 0 Å². The van der Waals surface area contributed by atoms with Crippen molar-refractivity contribution in [2.45, 2.75) is 6.61 Å². The fourth-order valence-corrected chi connectivity index (χ4v) is 1.73. The molecule has 2 aromatic rings. The normalized spacial score (nSPS) is 9.95. The molecule has 0 spiro atoms. The quantitative estimate of drug-likeness (QED) is 0.633. The molecule has 0 heterocycles. The third kappa shape index (κ3) is 3.42. The minimum Gasteiger partial charge on any atom is -0.457 e. The van der Waals surface area contributed by atoms with Gasteiger partial charge in [0.1, 0.15) is 12.9 Å². The lowest BCUT2D eigenvalue weighted by atomic mass is 10.1. The van der Waals surface area contributed by atoms with Crippen LogP contribution in [0.3, 0.4) is 0 Å². The number of benzene rings is 2. The highest BCUT2D eigenvalue weighted by Crippen LogP contribution is 2.16. The summed E-state index contributed by atoms with van der Waals surface area (Å²) >= 11 is 5.96. The molecule has 0 amide bonds. The lowest BCUT2D eigenvalue weighted by Gasteiger charge is -2.06. The minimum atomic E-state index is -0.447. The summed E-state index contributed by atoms with van der Waals surface area (Å²) in [7, 11) is 0. The first-order valence-electron chi connectivity index (χ1n) is 5.66. The maximum atomic E-state index is 11.8. The van der Waals surface area contributed by atoms with Gasteiger partial charge in [-0.15, -0.1) is 0 Å². The lowest BCUT2D eigenvalue weighted by Crippen LogP contribution is -2.05. The van der Waals surface area contributed by atoms with Crippen LogP contribution in [0.15, 0.2) is 48.5 Å². The molecule has 0 fully saturated rings. The van der Waals surface area contributed by atoms with Crippen LogP contribution in [0.25, 0.3) is 0 Å². The smallest absolute Gasteiger partial charge is 0.338 e. The highest BCUT2D eigenvalue weighted by atomic mass is 35.5. The van der Waals surface area contributed by atoms with Gasteiger partial charge >= 0.3 is 5.97 Å². The Balaban J connectivity index is 2.01. The summed E-state index contributed by atoms with van der Waals surface area (Å²) in [5.41, 5.74) is 1.67. The number of carbonyl (C=O) groups excluding carboxylic acids is 2. The van der Waals surface area contributed by atoms with Crippen LogP contribution in [-0.2, 0) is 11.3 Å². The van der Waals surface area contributed by atoms with E-state index in [2.05, 4.69) is 0 Å². The van der Waals surface area contributed by atoms with Crippen LogP contribution in [0.5, 0.6) is 0 Å². The van der Waals surface area contributed by atoms with Crippen molar-refractivity contribution < 1.29 is 14.3 Å². The molecule has 0 atom stereocenters. The van der Waals surface area contributed by atoms with Crippen molar-refractivity contribution in [1.82, 2.24) is 0 Å². The van der Waals surface area contributed by atoms with Gasteiger partial charge in [0.25, 0.3) is 0 Å². The van der Waals surface area contributed by atoms with Crippen LogP contribution in [0.1, 0.15) is 26.3 Å². The van der Waals surface area contributed by atoms with Gasteiger partial charge in [0, 0.05) is 16.1 Å². The highest BCUT2D eigenvalue weighted by Gasteiger charge is 2.08. The number of esters is 1. The monoisotopic (exact) mass is 274 g/mol. The summed E-state index contributed by atoms with van der Waals surface area (Å²) in [5.74, 6) is -0.447. The summed E-state index contributed by atoms with van der Waals surface area (Å²) in [5, 5.41) is 0.562. The zero-order chi connectivity index (χ0) is 13.7. The summed E-state index contributed by atoms with van der Waals surface area (Å²) in [6, 6.07) is 13.4. The third-order valence-corrected chi connectivity index (χ3v) is 2.97. The van der Waals surface area contributed by atoms with E-state index in [9.17, 15) is 9.59 Å². The van der Waals surface area contributed by atoms with Crippen molar-refractivity contribution in [2.75, 3.05) is 0 Å². The Morgan fingerprint density at radius 2 is 1.79 bits per heavy atom. The van der Waals surface area contributed by atoms with E-state index in [0.717, 1.165) is 11.8 Å². The highest BCUT2D eigenvalue weighted by molar-refractivity contribution is 6.31. The minimum absolute atomic E-state index is 0.119. The molecule has 0 aliphatic rings. The number of halogens is 1. The lowest BCUT2D eigenvalue weighted by molar-refractivity contribution is 0.0472. The Labute approximate surface area is 115 Å². The first-order chi connectivity index (χ1) is 9.20. The summed E-state index contributed by atoms with van der Waals surface area (Å²) < 4.78 is 5.16. The van der Waals surface area contributed by atoms with E-state index in [1.165, 1.54) is 0 Å². The number of aldehydes is 1. The topological polar surface area (TPSA) is 43.4 Å². The molecule has 3 nitrogen and oxygen atoms in total. The van der Waals surface area contributed by atoms with Crippen molar-refractivity contribution in [3.8, 4) is 0 Å². The van der Waals surface area contributed by atoms with Gasteiger partial charge in [-0.3, -0.25) is 4.79 Å². The predicted octanol–water partition coefficient (Wildman–Crippen LogP) is 3.51. The second-order valence-corrected chi connectivity index (χ2v) is 4.31. The van der Waals surface area contributed by atoms with Gasteiger partial charge in [-0.2, -0.15) is 0 Å². The molecule has 0 aromatic heterocycles. The third-order valence-electron chi connectivity index (χ3n) is 2.60. The maximum Gasteiger partial charge on any atom is 0.338 e. The Hall–Kier alpha value is -2.13. The van der Waals surface area contributed by atoms with E-state index < -0.39 is 5.97 Å². The fourth-order valence-electron chi connectivity index (χ4n) is 1.54. The van der Waals surface area contributed by atoms with E-state index in [-0.39, 0.29) is 6.61 Å². The van der Waals surface area contributed by atoms with Crippen molar-refractivity contribution in [1.29, 1.82) is 0 Å². The van der Waals surface area contributed by atoms with Crippen LogP contribution in [-0.4, -0.2) is 12.3 Å². The SMILES string of the molecule is O=Cc1ccc(C(=O)OCc2ccccc2Cl)cc1. The molecule has 19 heavy (non-hydrogen) atoms. The first kappa shape index (κ1) is 13.3. The molecule has 0 N–H and O–H groups in total. The van der Waals surface area contributed by atoms with Crippen molar-refractivity contribution in [3.05, 3.63) is 70.2 Å². The molecule has 0 aliphatic carbocycles. The molecular formula is C15H11ClO3. The predicted molar refractivity (Wildman–Crippen MR) is 72.4 cm³/mol. The molecule has 0 radical (unpaired) electrons. The van der Waals surface area contributed by atoms with Crippen LogP contribution >= 0.6 is 11.6 Å². The maximum absolute atomic E-state index is 11.8. The summed E-state index contributed by atoms with van der Waals surface area (Å²) in [6.45, 7) is 0.119. The number of hydrogen-bond donors (Lipinski definition) is 0. The number of carbonyl (C=O) groups is 2. The first-order valence-corrected chi connectivity index (χ1v) is 6.04. The summed E-state index contributed by atoms with van der Waals surface area (Å²) in [6.07, 6.45) is 0.721. The molecule has 0 unspecified atom stereocenters. The largest absolute Gasteiger partial charge is 0.457 e. The van der Waals surface area contributed by atoms with Gasteiger partial charge in [-0.05, 0) is 18.2 Å². The zero-order valence-electron chi connectivity index (χ0n) is 10.0. The van der Waals surface area contributed by atoms with Gasteiger partial charge in [-0.1, -0.05) is 41.9 Å².